The Morgan fingerprint density at radius 2 is 1.95 bits per heavy atom. The van der Waals surface area contributed by atoms with Crippen LogP contribution >= 0.6 is 15.9 Å². The molecule has 0 radical (unpaired) electrons. The van der Waals surface area contributed by atoms with Crippen LogP contribution in [0.5, 0.6) is 0 Å². The molecule has 0 spiro atoms. The van der Waals surface area contributed by atoms with Crippen LogP contribution in [0.3, 0.4) is 0 Å². The van der Waals surface area contributed by atoms with Gasteiger partial charge in [0.25, 0.3) is 0 Å². The molecule has 1 saturated heterocycles. The van der Waals surface area contributed by atoms with E-state index in [2.05, 4.69) is 15.9 Å². The topological polar surface area (TPSA) is 49.4 Å². The molecule has 1 unspecified atom stereocenters. The van der Waals surface area contributed by atoms with E-state index >= 15 is 0 Å². The Kier molecular flexibility index (Phi) is 4.66. The Morgan fingerprint density at radius 1 is 1.35 bits per heavy atom. The van der Waals surface area contributed by atoms with Crippen LogP contribution in [-0.4, -0.2) is 25.8 Å². The number of rotatable bonds is 3. The van der Waals surface area contributed by atoms with Gasteiger partial charge in [-0.05, 0) is 30.9 Å². The van der Waals surface area contributed by atoms with Crippen molar-refractivity contribution >= 4 is 31.8 Å². The second-order valence-electron chi connectivity index (χ2n) is 4.96. The normalized spacial score (nSPS) is 20.9. The second kappa shape index (κ2) is 5.95. The van der Waals surface area contributed by atoms with Gasteiger partial charge in [-0.3, -0.25) is 4.72 Å². The van der Waals surface area contributed by atoms with E-state index in [1.807, 2.05) is 11.6 Å². The van der Waals surface area contributed by atoms with Crippen molar-refractivity contribution in [3.8, 4) is 0 Å². The molecule has 0 aromatic heterocycles. The van der Waals surface area contributed by atoms with E-state index < -0.39 is 27.5 Å². The smallest absolute Gasteiger partial charge is 0.265 e. The fourth-order valence-electron chi connectivity index (χ4n) is 2.20. The summed E-state index contributed by atoms with van der Waals surface area (Å²) < 4.78 is 55.1. The van der Waals surface area contributed by atoms with Crippen molar-refractivity contribution in [2.75, 3.05) is 17.8 Å². The van der Waals surface area contributed by atoms with E-state index in [9.17, 15) is 17.2 Å². The van der Waals surface area contributed by atoms with Gasteiger partial charge in [-0.15, -0.1) is 0 Å². The summed E-state index contributed by atoms with van der Waals surface area (Å²) in [5.41, 5.74) is -0.647. The van der Waals surface area contributed by atoms with Gasteiger partial charge in [0.05, 0.1) is 0 Å². The van der Waals surface area contributed by atoms with Gasteiger partial charge in [-0.2, -0.15) is 12.7 Å². The van der Waals surface area contributed by atoms with Crippen LogP contribution in [0.4, 0.5) is 14.5 Å². The number of hydrogen-bond donors (Lipinski definition) is 1. The lowest BCUT2D eigenvalue weighted by atomic mass is 10.0. The number of nitrogens with one attached hydrogen (secondary N) is 1. The van der Waals surface area contributed by atoms with Crippen LogP contribution in [0.25, 0.3) is 0 Å². The molecule has 1 aliphatic heterocycles. The summed E-state index contributed by atoms with van der Waals surface area (Å²) in [6, 6.07) is 2.03. The van der Waals surface area contributed by atoms with Gasteiger partial charge in [0.2, 0.25) is 0 Å². The molecule has 0 amide bonds. The van der Waals surface area contributed by atoms with Crippen molar-refractivity contribution in [1.29, 1.82) is 0 Å². The number of nitrogens with zero attached hydrogens (tertiary/aromatic N) is 1. The van der Waals surface area contributed by atoms with Gasteiger partial charge < -0.3 is 0 Å². The van der Waals surface area contributed by atoms with Crippen molar-refractivity contribution in [3.05, 3.63) is 28.2 Å². The summed E-state index contributed by atoms with van der Waals surface area (Å²) in [5.74, 6) is -1.67. The molecule has 1 heterocycles. The predicted molar refractivity (Wildman–Crippen MR) is 76.6 cm³/mol. The maximum absolute atomic E-state index is 13.7. The average molecular weight is 369 g/mol. The number of halogens is 3. The number of hydrogen-bond acceptors (Lipinski definition) is 2. The van der Waals surface area contributed by atoms with Gasteiger partial charge in [0.1, 0.15) is 5.69 Å². The number of anilines is 1. The first-order valence-electron chi connectivity index (χ1n) is 6.22. The largest absolute Gasteiger partial charge is 0.301 e. The van der Waals surface area contributed by atoms with E-state index in [1.54, 1.807) is 0 Å². The molecule has 1 aromatic rings. The number of benzene rings is 1. The minimum absolute atomic E-state index is 0.210. The highest BCUT2D eigenvalue weighted by molar-refractivity contribution is 9.10. The maximum atomic E-state index is 13.7. The van der Waals surface area contributed by atoms with E-state index in [0.29, 0.717) is 13.1 Å². The molecule has 0 saturated carbocycles. The average Bonchev–Trinajstić information content (AvgIpc) is 2.34. The molecule has 0 bridgehead atoms. The van der Waals surface area contributed by atoms with Crippen LogP contribution in [0, 0.1) is 17.6 Å². The minimum atomic E-state index is -3.94. The van der Waals surface area contributed by atoms with E-state index in [1.165, 1.54) is 4.31 Å². The molecule has 112 valence electrons. The molecule has 8 heteroatoms. The van der Waals surface area contributed by atoms with Gasteiger partial charge in [0, 0.05) is 17.6 Å². The summed E-state index contributed by atoms with van der Waals surface area (Å²) in [6.07, 6.45) is 1.69. The zero-order valence-corrected chi connectivity index (χ0v) is 13.3. The third-order valence-electron chi connectivity index (χ3n) is 3.20. The van der Waals surface area contributed by atoms with Gasteiger partial charge in [0.15, 0.2) is 11.6 Å². The van der Waals surface area contributed by atoms with Crippen molar-refractivity contribution in [1.82, 2.24) is 4.31 Å². The summed E-state index contributed by atoms with van der Waals surface area (Å²) in [6.45, 7) is 2.66. The zero-order valence-electron chi connectivity index (χ0n) is 10.9. The highest BCUT2D eigenvalue weighted by Gasteiger charge is 2.28. The lowest BCUT2D eigenvalue weighted by Gasteiger charge is -2.30. The van der Waals surface area contributed by atoms with Gasteiger partial charge in [-0.25, -0.2) is 8.78 Å². The van der Waals surface area contributed by atoms with Crippen molar-refractivity contribution in [2.45, 2.75) is 19.8 Å². The number of piperidine rings is 1. The van der Waals surface area contributed by atoms with Crippen LogP contribution in [0.15, 0.2) is 16.6 Å². The molecule has 1 N–H and O–H groups in total. The Hall–Kier alpha value is -0.730. The van der Waals surface area contributed by atoms with Crippen molar-refractivity contribution < 1.29 is 17.2 Å². The Labute approximate surface area is 125 Å². The molecule has 4 nitrogen and oxygen atoms in total. The Balaban J connectivity index is 2.24. The molecular formula is C12H15BrF2N2O2S. The van der Waals surface area contributed by atoms with E-state index in [0.717, 1.165) is 25.0 Å². The second-order valence-corrected chi connectivity index (χ2v) is 7.54. The molecule has 1 fully saturated rings. The first-order valence-corrected chi connectivity index (χ1v) is 8.45. The molecular weight excluding hydrogens is 354 g/mol. The fourth-order valence-corrected chi connectivity index (χ4v) is 4.00. The lowest BCUT2D eigenvalue weighted by molar-refractivity contribution is 0.282. The zero-order chi connectivity index (χ0) is 14.9. The third-order valence-corrected chi connectivity index (χ3v) is 5.13. The molecule has 1 aromatic carbocycles. The Bertz CT molecular complexity index is 586. The monoisotopic (exact) mass is 368 g/mol. The minimum Gasteiger partial charge on any atom is -0.265 e. The van der Waals surface area contributed by atoms with Crippen LogP contribution in [-0.2, 0) is 10.2 Å². The summed E-state index contributed by atoms with van der Waals surface area (Å²) >= 11 is 2.94. The van der Waals surface area contributed by atoms with E-state index in [4.69, 9.17) is 0 Å². The van der Waals surface area contributed by atoms with Crippen LogP contribution in [0.1, 0.15) is 19.8 Å². The molecule has 1 aliphatic rings. The standard InChI is InChI=1S/C12H15BrF2N2O2S/c1-8-3-2-4-17(7-8)20(18,19)16-12-10(14)5-9(13)6-11(12)15/h5-6,8,16H,2-4,7H2,1H3. The summed E-state index contributed by atoms with van der Waals surface area (Å²) in [7, 11) is -3.94. The van der Waals surface area contributed by atoms with Gasteiger partial charge in [-0.1, -0.05) is 22.9 Å². The van der Waals surface area contributed by atoms with Crippen LogP contribution < -0.4 is 4.72 Å². The SMILES string of the molecule is CC1CCCN(S(=O)(=O)Nc2c(F)cc(Br)cc2F)C1. The van der Waals surface area contributed by atoms with Crippen molar-refractivity contribution in [3.63, 3.8) is 0 Å². The molecule has 0 aliphatic carbocycles. The predicted octanol–water partition coefficient (Wildman–Crippen LogP) is 3.12. The highest BCUT2D eigenvalue weighted by Crippen LogP contribution is 2.26. The lowest BCUT2D eigenvalue weighted by Crippen LogP contribution is -2.42. The molecule has 1 atom stereocenters. The first-order chi connectivity index (χ1) is 9.29. The highest BCUT2D eigenvalue weighted by atomic mass is 79.9. The summed E-state index contributed by atoms with van der Waals surface area (Å²) in [4.78, 5) is 0. The first kappa shape index (κ1) is 15.7. The quantitative estimate of drug-likeness (QED) is 0.890. The molecule has 2 rings (SSSR count). The van der Waals surface area contributed by atoms with Crippen molar-refractivity contribution in [2.24, 2.45) is 5.92 Å². The third kappa shape index (κ3) is 3.48. The fraction of sp³-hybridized carbons (Fsp3) is 0.500. The molecule has 20 heavy (non-hydrogen) atoms. The van der Waals surface area contributed by atoms with Crippen LogP contribution in [0.2, 0.25) is 0 Å². The Morgan fingerprint density at radius 3 is 2.50 bits per heavy atom. The maximum Gasteiger partial charge on any atom is 0.301 e. The van der Waals surface area contributed by atoms with E-state index in [-0.39, 0.29) is 10.4 Å². The van der Waals surface area contributed by atoms with Gasteiger partial charge >= 0.3 is 10.2 Å². The summed E-state index contributed by atoms with van der Waals surface area (Å²) in [5, 5.41) is 0.